The van der Waals surface area contributed by atoms with Gasteiger partial charge in [0, 0.05) is 16.3 Å². The lowest BCUT2D eigenvalue weighted by Gasteiger charge is -2.18. The van der Waals surface area contributed by atoms with Crippen LogP contribution in [0.15, 0.2) is 42.5 Å². The number of aryl methyl sites for hydroxylation is 1. The van der Waals surface area contributed by atoms with Crippen molar-refractivity contribution in [2.45, 2.75) is 26.3 Å². The summed E-state index contributed by atoms with van der Waals surface area (Å²) >= 11 is 5.94. The van der Waals surface area contributed by atoms with Crippen LogP contribution in [0.5, 0.6) is 0 Å². The average Bonchev–Trinajstić information content (AvgIpc) is 2.44. The van der Waals surface area contributed by atoms with Crippen molar-refractivity contribution in [1.29, 1.82) is 0 Å². The molecule has 0 radical (unpaired) electrons. The number of carbonyl (C=O) groups excluding carboxylic acids is 1. The van der Waals surface area contributed by atoms with E-state index in [0.717, 1.165) is 12.0 Å². The number of hydrogen-bond acceptors (Lipinski definition) is 2. The van der Waals surface area contributed by atoms with Crippen LogP contribution in [0.2, 0.25) is 5.02 Å². The predicted octanol–water partition coefficient (Wildman–Crippen LogP) is 4.11. The summed E-state index contributed by atoms with van der Waals surface area (Å²) in [4.78, 5) is 12.3. The van der Waals surface area contributed by atoms with Crippen LogP contribution >= 0.6 is 11.6 Å². The maximum atomic E-state index is 12.3. The van der Waals surface area contributed by atoms with Gasteiger partial charge >= 0.3 is 0 Å². The summed E-state index contributed by atoms with van der Waals surface area (Å²) < 4.78 is 0. The van der Waals surface area contributed by atoms with Crippen molar-refractivity contribution in [3.63, 3.8) is 0 Å². The van der Waals surface area contributed by atoms with Crippen molar-refractivity contribution in [3.05, 3.63) is 64.2 Å². The van der Waals surface area contributed by atoms with Gasteiger partial charge in [-0.05, 0) is 37.1 Å². The molecule has 3 N–H and O–H groups in total. The number of amides is 1. The molecule has 4 heteroatoms. The van der Waals surface area contributed by atoms with Crippen molar-refractivity contribution in [1.82, 2.24) is 5.32 Å². The van der Waals surface area contributed by atoms with Gasteiger partial charge in [-0.25, -0.2) is 0 Å². The molecule has 1 unspecified atom stereocenters. The SMILES string of the molecule is CCC(NC(=O)c1cc(N)cc(Cl)c1)c1ccc(C)cc1. The Bertz CT molecular complexity index is 617. The Morgan fingerprint density at radius 1 is 1.24 bits per heavy atom. The molecule has 0 bridgehead atoms. The molecule has 110 valence electrons. The van der Waals surface area contributed by atoms with Crippen molar-refractivity contribution < 1.29 is 4.79 Å². The van der Waals surface area contributed by atoms with Crippen LogP contribution in [-0.2, 0) is 0 Å². The van der Waals surface area contributed by atoms with E-state index in [-0.39, 0.29) is 11.9 Å². The largest absolute Gasteiger partial charge is 0.399 e. The number of anilines is 1. The molecule has 21 heavy (non-hydrogen) atoms. The van der Waals surface area contributed by atoms with Gasteiger partial charge in [-0.3, -0.25) is 4.79 Å². The Labute approximate surface area is 130 Å². The second-order valence-electron chi connectivity index (χ2n) is 5.12. The second-order valence-corrected chi connectivity index (χ2v) is 5.55. The van der Waals surface area contributed by atoms with E-state index in [0.29, 0.717) is 16.3 Å². The zero-order chi connectivity index (χ0) is 15.4. The van der Waals surface area contributed by atoms with Crippen molar-refractivity contribution in [3.8, 4) is 0 Å². The maximum absolute atomic E-state index is 12.3. The predicted molar refractivity (Wildman–Crippen MR) is 87.5 cm³/mol. The first kappa shape index (κ1) is 15.4. The molecular formula is C17H19ClN2O. The Balaban J connectivity index is 2.18. The molecule has 0 spiro atoms. The van der Waals surface area contributed by atoms with Crippen LogP contribution in [0.25, 0.3) is 0 Å². The number of nitrogens with two attached hydrogens (primary N) is 1. The normalized spacial score (nSPS) is 12.0. The van der Waals surface area contributed by atoms with Gasteiger partial charge in [-0.1, -0.05) is 48.4 Å². The minimum Gasteiger partial charge on any atom is -0.399 e. The lowest BCUT2D eigenvalue weighted by molar-refractivity contribution is 0.0935. The molecule has 3 nitrogen and oxygen atoms in total. The minimum atomic E-state index is -0.170. The van der Waals surface area contributed by atoms with Gasteiger partial charge in [0.2, 0.25) is 0 Å². The summed E-state index contributed by atoms with van der Waals surface area (Å²) in [5.41, 5.74) is 8.97. The number of halogens is 1. The van der Waals surface area contributed by atoms with Crippen LogP contribution in [0.4, 0.5) is 5.69 Å². The standard InChI is InChI=1S/C17H19ClN2O/c1-3-16(12-6-4-11(2)5-7-12)20-17(21)13-8-14(18)10-15(19)9-13/h4-10,16H,3,19H2,1-2H3,(H,20,21). The third kappa shape index (κ3) is 3.99. The number of carbonyl (C=O) groups is 1. The van der Waals surface area contributed by atoms with Crippen LogP contribution in [0.1, 0.15) is 40.9 Å². The fourth-order valence-corrected chi connectivity index (χ4v) is 2.45. The Hall–Kier alpha value is -2.00. The van der Waals surface area contributed by atoms with E-state index in [1.807, 2.05) is 38.1 Å². The highest BCUT2D eigenvalue weighted by Crippen LogP contribution is 2.20. The lowest BCUT2D eigenvalue weighted by atomic mass is 10.0. The van der Waals surface area contributed by atoms with E-state index < -0.39 is 0 Å². The van der Waals surface area contributed by atoms with E-state index in [1.54, 1.807) is 18.2 Å². The Morgan fingerprint density at radius 2 is 1.90 bits per heavy atom. The molecule has 0 aliphatic rings. The second kappa shape index (κ2) is 6.64. The molecule has 1 atom stereocenters. The summed E-state index contributed by atoms with van der Waals surface area (Å²) in [6.07, 6.45) is 0.810. The van der Waals surface area contributed by atoms with Gasteiger partial charge in [0.1, 0.15) is 0 Å². The quantitative estimate of drug-likeness (QED) is 0.835. The molecule has 0 aromatic heterocycles. The van der Waals surface area contributed by atoms with Gasteiger partial charge in [0.05, 0.1) is 6.04 Å². The lowest BCUT2D eigenvalue weighted by Crippen LogP contribution is -2.28. The van der Waals surface area contributed by atoms with Crippen LogP contribution in [0.3, 0.4) is 0 Å². The Morgan fingerprint density at radius 3 is 2.48 bits per heavy atom. The van der Waals surface area contributed by atoms with Crippen molar-refractivity contribution in [2.75, 3.05) is 5.73 Å². The molecule has 0 aliphatic heterocycles. The van der Waals surface area contributed by atoms with Crippen LogP contribution < -0.4 is 11.1 Å². The van der Waals surface area contributed by atoms with E-state index in [2.05, 4.69) is 5.32 Å². The zero-order valence-corrected chi connectivity index (χ0v) is 12.9. The van der Waals surface area contributed by atoms with E-state index in [1.165, 1.54) is 5.56 Å². The zero-order valence-electron chi connectivity index (χ0n) is 12.2. The first-order chi connectivity index (χ1) is 9.99. The monoisotopic (exact) mass is 302 g/mol. The molecule has 0 heterocycles. The molecule has 2 aromatic carbocycles. The first-order valence-corrected chi connectivity index (χ1v) is 7.31. The first-order valence-electron chi connectivity index (χ1n) is 6.93. The fourth-order valence-electron chi connectivity index (χ4n) is 2.20. The van der Waals surface area contributed by atoms with Gasteiger partial charge in [0.25, 0.3) is 5.91 Å². The van der Waals surface area contributed by atoms with Gasteiger partial charge in [0.15, 0.2) is 0 Å². The number of nitrogen functional groups attached to an aromatic ring is 1. The molecule has 0 saturated heterocycles. The van der Waals surface area contributed by atoms with Crippen LogP contribution in [0, 0.1) is 6.92 Å². The molecule has 0 fully saturated rings. The third-order valence-corrected chi connectivity index (χ3v) is 3.59. The Kier molecular flexibility index (Phi) is 4.86. The van der Waals surface area contributed by atoms with Crippen LogP contribution in [-0.4, -0.2) is 5.91 Å². The highest BCUT2D eigenvalue weighted by Gasteiger charge is 2.14. The van der Waals surface area contributed by atoms with E-state index in [4.69, 9.17) is 17.3 Å². The topological polar surface area (TPSA) is 55.1 Å². The third-order valence-electron chi connectivity index (χ3n) is 3.38. The average molecular weight is 303 g/mol. The maximum Gasteiger partial charge on any atom is 0.251 e. The van der Waals surface area contributed by atoms with Gasteiger partial charge in [-0.2, -0.15) is 0 Å². The number of hydrogen-bond donors (Lipinski definition) is 2. The molecule has 2 rings (SSSR count). The van der Waals surface area contributed by atoms with E-state index >= 15 is 0 Å². The molecule has 0 saturated carbocycles. The highest BCUT2D eigenvalue weighted by atomic mass is 35.5. The van der Waals surface area contributed by atoms with Crippen molar-refractivity contribution in [2.24, 2.45) is 0 Å². The number of benzene rings is 2. The van der Waals surface area contributed by atoms with E-state index in [9.17, 15) is 4.79 Å². The van der Waals surface area contributed by atoms with Gasteiger partial charge < -0.3 is 11.1 Å². The summed E-state index contributed by atoms with van der Waals surface area (Å²) in [5, 5.41) is 3.48. The molecular weight excluding hydrogens is 284 g/mol. The number of nitrogens with one attached hydrogen (secondary N) is 1. The summed E-state index contributed by atoms with van der Waals surface area (Å²) in [7, 11) is 0. The smallest absolute Gasteiger partial charge is 0.251 e. The summed E-state index contributed by atoms with van der Waals surface area (Å²) in [5.74, 6) is -0.170. The fraction of sp³-hybridized carbons (Fsp3) is 0.235. The summed E-state index contributed by atoms with van der Waals surface area (Å²) in [6, 6.07) is 13.0. The number of rotatable bonds is 4. The van der Waals surface area contributed by atoms with Gasteiger partial charge in [-0.15, -0.1) is 0 Å². The molecule has 0 aliphatic carbocycles. The minimum absolute atomic E-state index is 0.0293. The highest BCUT2D eigenvalue weighted by molar-refractivity contribution is 6.31. The molecule has 1 amide bonds. The molecule has 2 aromatic rings. The summed E-state index contributed by atoms with van der Waals surface area (Å²) in [6.45, 7) is 4.08. The van der Waals surface area contributed by atoms with Crippen molar-refractivity contribution >= 4 is 23.2 Å².